The van der Waals surface area contributed by atoms with E-state index in [9.17, 15) is 4.79 Å². The predicted octanol–water partition coefficient (Wildman–Crippen LogP) is 3.29. The van der Waals surface area contributed by atoms with Crippen LogP contribution in [-0.4, -0.2) is 25.3 Å². The molecule has 6 heteroatoms. The van der Waals surface area contributed by atoms with Gasteiger partial charge in [-0.3, -0.25) is 0 Å². The molecule has 2 aromatic carbocycles. The van der Waals surface area contributed by atoms with Crippen LogP contribution in [-0.2, 0) is 4.74 Å². The Bertz CT molecular complexity index is 671. The number of carbonyl (C=O) groups is 1. The quantitative estimate of drug-likeness (QED) is 0.667. The van der Waals surface area contributed by atoms with E-state index in [1.807, 2.05) is 30.3 Å². The minimum absolute atomic E-state index is 0.391. The Morgan fingerprint density at radius 3 is 2.32 bits per heavy atom. The van der Waals surface area contributed by atoms with Gasteiger partial charge >= 0.3 is 5.97 Å². The number of esters is 1. The van der Waals surface area contributed by atoms with Gasteiger partial charge in [0.1, 0.15) is 5.75 Å². The number of anilines is 2. The Morgan fingerprint density at radius 2 is 1.68 bits per heavy atom. The lowest BCUT2D eigenvalue weighted by Gasteiger charge is -2.11. The summed E-state index contributed by atoms with van der Waals surface area (Å²) in [6.07, 6.45) is 0. The average molecular weight is 316 g/mol. The highest BCUT2D eigenvalue weighted by Gasteiger charge is 2.06. The van der Waals surface area contributed by atoms with Crippen LogP contribution in [0.15, 0.2) is 48.5 Å². The molecule has 0 aliphatic carbocycles. The van der Waals surface area contributed by atoms with Crippen molar-refractivity contribution in [2.24, 2.45) is 0 Å². The number of rotatable bonds is 4. The molecule has 0 aliphatic rings. The standard InChI is InChI=1S/C16H16N2O3S/c1-20-14-8-6-12(7-9-14)17-16(22)18-13-5-3-4-11(10-13)15(19)21-2/h3-10H,1-2H3,(H2,17,18,22). The van der Waals surface area contributed by atoms with Crippen molar-refractivity contribution in [2.45, 2.75) is 0 Å². The smallest absolute Gasteiger partial charge is 0.337 e. The molecule has 0 saturated carbocycles. The third-order valence-corrected chi connectivity index (χ3v) is 3.09. The van der Waals surface area contributed by atoms with E-state index in [1.54, 1.807) is 25.3 Å². The van der Waals surface area contributed by atoms with E-state index in [2.05, 4.69) is 15.4 Å². The zero-order valence-electron chi connectivity index (χ0n) is 12.3. The van der Waals surface area contributed by atoms with Crippen molar-refractivity contribution < 1.29 is 14.3 Å². The van der Waals surface area contributed by atoms with Gasteiger partial charge in [-0.2, -0.15) is 0 Å². The van der Waals surface area contributed by atoms with Gasteiger partial charge in [0, 0.05) is 11.4 Å². The maximum absolute atomic E-state index is 11.5. The highest BCUT2D eigenvalue weighted by Crippen LogP contribution is 2.16. The van der Waals surface area contributed by atoms with Crippen LogP contribution in [0.25, 0.3) is 0 Å². The Kier molecular flexibility index (Phi) is 5.32. The van der Waals surface area contributed by atoms with E-state index < -0.39 is 5.97 Å². The van der Waals surface area contributed by atoms with Crippen molar-refractivity contribution in [3.8, 4) is 5.75 Å². The van der Waals surface area contributed by atoms with Crippen LogP contribution >= 0.6 is 12.2 Å². The van der Waals surface area contributed by atoms with Crippen LogP contribution in [0.2, 0.25) is 0 Å². The van der Waals surface area contributed by atoms with Crippen molar-refractivity contribution in [2.75, 3.05) is 24.9 Å². The van der Waals surface area contributed by atoms with Gasteiger partial charge < -0.3 is 20.1 Å². The van der Waals surface area contributed by atoms with Crippen molar-refractivity contribution in [3.05, 3.63) is 54.1 Å². The molecule has 0 amide bonds. The number of hydrogen-bond donors (Lipinski definition) is 2. The van der Waals surface area contributed by atoms with Crippen molar-refractivity contribution in [1.82, 2.24) is 0 Å². The predicted molar refractivity (Wildman–Crippen MR) is 90.6 cm³/mol. The number of ether oxygens (including phenoxy) is 2. The topological polar surface area (TPSA) is 59.6 Å². The first kappa shape index (κ1) is 15.8. The zero-order chi connectivity index (χ0) is 15.9. The fourth-order valence-corrected chi connectivity index (χ4v) is 2.05. The summed E-state index contributed by atoms with van der Waals surface area (Å²) in [6.45, 7) is 0. The molecule has 2 rings (SSSR count). The SMILES string of the molecule is COC(=O)c1cccc(NC(=S)Nc2ccc(OC)cc2)c1. The summed E-state index contributed by atoms with van der Waals surface area (Å²) in [6, 6.07) is 14.3. The molecule has 0 aliphatic heterocycles. The molecule has 22 heavy (non-hydrogen) atoms. The van der Waals surface area contributed by atoms with E-state index in [4.69, 9.17) is 17.0 Å². The second-order valence-corrected chi connectivity index (χ2v) is 4.79. The summed E-state index contributed by atoms with van der Waals surface area (Å²) in [5.41, 5.74) is 2.00. The number of methoxy groups -OCH3 is 2. The van der Waals surface area contributed by atoms with Crippen molar-refractivity contribution >= 4 is 34.7 Å². The molecular formula is C16H16N2O3S. The van der Waals surface area contributed by atoms with Crippen LogP contribution in [0, 0.1) is 0 Å². The fourth-order valence-electron chi connectivity index (χ4n) is 1.81. The maximum Gasteiger partial charge on any atom is 0.337 e. The van der Waals surface area contributed by atoms with Gasteiger partial charge in [-0.1, -0.05) is 6.07 Å². The maximum atomic E-state index is 11.5. The summed E-state index contributed by atoms with van der Waals surface area (Å²) in [5.74, 6) is 0.382. The molecule has 0 heterocycles. The van der Waals surface area contributed by atoms with Gasteiger partial charge in [-0.15, -0.1) is 0 Å². The van der Waals surface area contributed by atoms with Crippen molar-refractivity contribution in [3.63, 3.8) is 0 Å². The van der Waals surface area contributed by atoms with Gasteiger partial charge in [0.05, 0.1) is 19.8 Å². The Balaban J connectivity index is 2.00. The van der Waals surface area contributed by atoms with Gasteiger partial charge in [-0.05, 0) is 54.7 Å². The van der Waals surface area contributed by atoms with Crippen LogP contribution in [0.1, 0.15) is 10.4 Å². The second kappa shape index (κ2) is 7.42. The normalized spacial score (nSPS) is 9.73. The largest absolute Gasteiger partial charge is 0.497 e. The lowest BCUT2D eigenvalue weighted by molar-refractivity contribution is 0.0601. The van der Waals surface area contributed by atoms with E-state index in [0.29, 0.717) is 16.4 Å². The number of thiocarbonyl (C=S) groups is 1. The molecule has 114 valence electrons. The molecule has 2 N–H and O–H groups in total. The van der Waals surface area contributed by atoms with E-state index >= 15 is 0 Å². The zero-order valence-corrected chi connectivity index (χ0v) is 13.1. The number of benzene rings is 2. The third kappa shape index (κ3) is 4.20. The Morgan fingerprint density at radius 1 is 1.00 bits per heavy atom. The van der Waals surface area contributed by atoms with Gasteiger partial charge in [0.25, 0.3) is 0 Å². The first-order valence-electron chi connectivity index (χ1n) is 6.53. The van der Waals surface area contributed by atoms with Crippen LogP contribution in [0.3, 0.4) is 0 Å². The molecule has 0 unspecified atom stereocenters. The number of nitrogens with one attached hydrogen (secondary N) is 2. The molecule has 0 fully saturated rings. The molecule has 0 spiro atoms. The van der Waals surface area contributed by atoms with Gasteiger partial charge in [0.15, 0.2) is 5.11 Å². The highest BCUT2D eigenvalue weighted by atomic mass is 32.1. The number of hydrogen-bond acceptors (Lipinski definition) is 4. The molecule has 5 nitrogen and oxygen atoms in total. The van der Waals surface area contributed by atoms with Crippen molar-refractivity contribution in [1.29, 1.82) is 0 Å². The molecule has 0 aromatic heterocycles. The molecule has 2 aromatic rings. The van der Waals surface area contributed by atoms with Crippen LogP contribution in [0.5, 0.6) is 5.75 Å². The van der Waals surface area contributed by atoms with E-state index in [1.165, 1.54) is 7.11 Å². The lowest BCUT2D eigenvalue weighted by Crippen LogP contribution is -2.19. The summed E-state index contributed by atoms with van der Waals surface area (Å²) in [7, 11) is 2.96. The molecule has 0 saturated heterocycles. The monoisotopic (exact) mass is 316 g/mol. The molecule has 0 atom stereocenters. The minimum atomic E-state index is -0.391. The Labute approximate surface area is 134 Å². The number of carbonyl (C=O) groups excluding carboxylic acids is 1. The first-order chi connectivity index (χ1) is 10.6. The third-order valence-electron chi connectivity index (χ3n) is 2.89. The van der Waals surface area contributed by atoms with Crippen LogP contribution < -0.4 is 15.4 Å². The molecular weight excluding hydrogens is 300 g/mol. The summed E-state index contributed by atoms with van der Waals surface area (Å²) in [5, 5.41) is 6.50. The summed E-state index contributed by atoms with van der Waals surface area (Å²) >= 11 is 5.25. The van der Waals surface area contributed by atoms with Crippen LogP contribution in [0.4, 0.5) is 11.4 Å². The molecule has 0 bridgehead atoms. The lowest BCUT2D eigenvalue weighted by atomic mass is 10.2. The second-order valence-electron chi connectivity index (χ2n) is 4.38. The molecule has 0 radical (unpaired) electrons. The van der Waals surface area contributed by atoms with E-state index in [-0.39, 0.29) is 0 Å². The Hall–Kier alpha value is -2.60. The fraction of sp³-hybridized carbons (Fsp3) is 0.125. The summed E-state index contributed by atoms with van der Waals surface area (Å²) < 4.78 is 9.78. The highest BCUT2D eigenvalue weighted by molar-refractivity contribution is 7.80. The first-order valence-corrected chi connectivity index (χ1v) is 6.93. The van der Waals surface area contributed by atoms with Gasteiger partial charge in [0.2, 0.25) is 0 Å². The van der Waals surface area contributed by atoms with E-state index in [0.717, 1.165) is 11.4 Å². The summed E-state index contributed by atoms with van der Waals surface area (Å²) in [4.78, 5) is 11.5. The van der Waals surface area contributed by atoms with Gasteiger partial charge in [-0.25, -0.2) is 4.79 Å². The average Bonchev–Trinajstić information content (AvgIpc) is 2.55. The minimum Gasteiger partial charge on any atom is -0.497 e.